The number of nitrogens with one attached hydrogen (secondary N) is 1. The molecule has 3 rings (SSSR count). The Morgan fingerprint density at radius 2 is 2.07 bits per heavy atom. The highest BCUT2D eigenvalue weighted by Gasteiger charge is 2.38. The van der Waals surface area contributed by atoms with Gasteiger partial charge in [0.25, 0.3) is 5.91 Å². The molecule has 2 aromatic rings. The number of aromatic nitrogens is 2. The van der Waals surface area contributed by atoms with Crippen molar-refractivity contribution in [2.24, 2.45) is 5.73 Å². The average molecular weight is 444 g/mol. The predicted molar refractivity (Wildman–Crippen MR) is 103 cm³/mol. The number of nitrogens with two attached hydrogens (primary N) is 1. The summed E-state index contributed by atoms with van der Waals surface area (Å²) in [5.74, 6) is -0.729. The number of aryl methyl sites for hydroxylation is 1. The molecule has 1 unspecified atom stereocenters. The Bertz CT molecular complexity index is 1020. The first-order chi connectivity index (χ1) is 14.0. The number of carbonyl (C=O) groups is 1. The maximum absolute atomic E-state index is 13.4. The minimum Gasteiger partial charge on any atom is -0.399 e. The maximum Gasteiger partial charge on any atom is 0.434 e. The number of amides is 1. The van der Waals surface area contributed by atoms with Crippen LogP contribution in [0.15, 0.2) is 35.9 Å². The zero-order valence-corrected chi connectivity index (χ0v) is 16.8. The van der Waals surface area contributed by atoms with Gasteiger partial charge in [-0.1, -0.05) is 11.6 Å². The molecule has 6 nitrogen and oxygen atoms in total. The fourth-order valence-corrected chi connectivity index (χ4v) is 3.43. The highest BCUT2D eigenvalue weighted by molar-refractivity contribution is 6.34. The van der Waals surface area contributed by atoms with Crippen LogP contribution in [0.3, 0.4) is 0 Å². The van der Waals surface area contributed by atoms with Crippen molar-refractivity contribution in [1.29, 1.82) is 0 Å². The molecule has 160 valence electrons. The van der Waals surface area contributed by atoms with Crippen molar-refractivity contribution >= 4 is 23.3 Å². The first-order valence-electron chi connectivity index (χ1n) is 8.91. The number of anilines is 1. The molecule has 2 aromatic heterocycles. The van der Waals surface area contributed by atoms with Crippen LogP contribution in [0.25, 0.3) is 0 Å². The van der Waals surface area contributed by atoms with Crippen LogP contribution >= 0.6 is 11.6 Å². The SMILES string of the molecule is Cc1cc(NC2=C(N)C(C)N(C(=O)c3ccnc(C(F)(F)F)c3Cl)CC2)ncc1F. The van der Waals surface area contributed by atoms with Gasteiger partial charge in [0.05, 0.1) is 28.5 Å². The van der Waals surface area contributed by atoms with Gasteiger partial charge in [-0.25, -0.2) is 9.37 Å². The molecule has 0 aliphatic carbocycles. The monoisotopic (exact) mass is 443 g/mol. The van der Waals surface area contributed by atoms with Crippen molar-refractivity contribution in [3.05, 3.63) is 63.6 Å². The molecule has 1 amide bonds. The van der Waals surface area contributed by atoms with E-state index in [0.717, 1.165) is 18.5 Å². The van der Waals surface area contributed by atoms with Gasteiger partial charge in [-0.2, -0.15) is 13.2 Å². The lowest BCUT2D eigenvalue weighted by atomic mass is 10.0. The standard InChI is InChI=1S/C19H18ClF4N5O/c1-9-7-14(27-8-12(9)21)28-13-4-6-29(10(2)16(13)25)18(30)11-3-5-26-17(15(11)20)19(22,23)24/h3,5,7-8,10H,4,6,25H2,1-2H3,(H,27,28). The van der Waals surface area contributed by atoms with Crippen molar-refractivity contribution in [3.8, 4) is 0 Å². The van der Waals surface area contributed by atoms with E-state index in [1.807, 2.05) is 0 Å². The summed E-state index contributed by atoms with van der Waals surface area (Å²) >= 11 is 5.83. The number of rotatable bonds is 3. The van der Waals surface area contributed by atoms with Crippen molar-refractivity contribution < 1.29 is 22.4 Å². The second kappa shape index (κ2) is 8.10. The van der Waals surface area contributed by atoms with Gasteiger partial charge in [0, 0.05) is 24.9 Å². The Hall–Kier alpha value is -2.88. The van der Waals surface area contributed by atoms with E-state index in [0.29, 0.717) is 29.2 Å². The third-order valence-electron chi connectivity index (χ3n) is 4.84. The van der Waals surface area contributed by atoms with Gasteiger partial charge in [-0.15, -0.1) is 0 Å². The van der Waals surface area contributed by atoms with Crippen molar-refractivity contribution in [3.63, 3.8) is 0 Å². The van der Waals surface area contributed by atoms with Crippen molar-refractivity contribution in [2.75, 3.05) is 11.9 Å². The van der Waals surface area contributed by atoms with E-state index in [1.54, 1.807) is 13.8 Å². The molecular formula is C19H18ClF4N5O. The number of nitrogens with zero attached hydrogens (tertiary/aromatic N) is 3. The summed E-state index contributed by atoms with van der Waals surface area (Å²) in [6.45, 7) is 3.43. The predicted octanol–water partition coefficient (Wildman–Crippen LogP) is 4.11. The Morgan fingerprint density at radius 1 is 1.37 bits per heavy atom. The molecule has 1 atom stereocenters. The van der Waals surface area contributed by atoms with Crippen LogP contribution in [0.5, 0.6) is 0 Å². The lowest BCUT2D eigenvalue weighted by molar-refractivity contribution is -0.141. The quantitative estimate of drug-likeness (QED) is 0.697. The second-order valence-electron chi connectivity index (χ2n) is 6.82. The van der Waals surface area contributed by atoms with E-state index in [9.17, 15) is 22.4 Å². The fraction of sp³-hybridized carbons (Fsp3) is 0.316. The zero-order valence-electron chi connectivity index (χ0n) is 16.0. The lowest BCUT2D eigenvalue weighted by Crippen LogP contribution is -2.46. The molecular weight excluding hydrogens is 426 g/mol. The molecule has 1 aliphatic heterocycles. The first kappa shape index (κ1) is 21.8. The molecule has 11 heteroatoms. The van der Waals surface area contributed by atoms with Crippen molar-refractivity contribution in [2.45, 2.75) is 32.5 Å². The van der Waals surface area contributed by atoms with E-state index in [4.69, 9.17) is 17.3 Å². The Morgan fingerprint density at radius 3 is 2.70 bits per heavy atom. The summed E-state index contributed by atoms with van der Waals surface area (Å²) in [5, 5.41) is 2.27. The summed E-state index contributed by atoms with van der Waals surface area (Å²) in [5.41, 5.74) is 5.88. The molecule has 0 radical (unpaired) electrons. The molecule has 3 heterocycles. The van der Waals surface area contributed by atoms with Gasteiger partial charge in [0.15, 0.2) is 5.69 Å². The molecule has 0 spiro atoms. The van der Waals surface area contributed by atoms with Crippen LogP contribution < -0.4 is 11.1 Å². The Labute approximate surface area is 174 Å². The minimum atomic E-state index is -4.78. The van der Waals surface area contributed by atoms with Gasteiger partial charge < -0.3 is 16.0 Å². The van der Waals surface area contributed by atoms with Crippen LogP contribution in [-0.2, 0) is 6.18 Å². The zero-order chi connectivity index (χ0) is 22.2. The largest absolute Gasteiger partial charge is 0.434 e. The smallest absolute Gasteiger partial charge is 0.399 e. The van der Waals surface area contributed by atoms with Gasteiger partial charge in [-0.05, 0) is 31.5 Å². The summed E-state index contributed by atoms with van der Waals surface area (Å²) in [6, 6.07) is 2.05. The average Bonchev–Trinajstić information content (AvgIpc) is 2.67. The molecule has 0 bridgehead atoms. The van der Waals surface area contributed by atoms with Crippen LogP contribution in [0, 0.1) is 12.7 Å². The number of hydrogen-bond acceptors (Lipinski definition) is 5. The van der Waals surface area contributed by atoms with Crippen LogP contribution in [0.1, 0.15) is 35.0 Å². The molecule has 0 fully saturated rings. The summed E-state index contributed by atoms with van der Waals surface area (Å²) in [7, 11) is 0. The number of halogens is 5. The number of alkyl halides is 3. The van der Waals surface area contributed by atoms with E-state index < -0.39 is 34.7 Å². The molecule has 0 saturated heterocycles. The third-order valence-corrected chi connectivity index (χ3v) is 5.23. The number of hydrogen-bond donors (Lipinski definition) is 2. The Kier molecular flexibility index (Phi) is 5.89. The Balaban J connectivity index is 1.85. The van der Waals surface area contributed by atoms with Gasteiger partial charge >= 0.3 is 6.18 Å². The van der Waals surface area contributed by atoms with Gasteiger partial charge in [-0.3, -0.25) is 9.78 Å². The minimum absolute atomic E-state index is 0.184. The summed E-state index contributed by atoms with van der Waals surface area (Å²) in [6.07, 6.45) is -2.50. The summed E-state index contributed by atoms with van der Waals surface area (Å²) in [4.78, 5) is 21.4. The molecule has 30 heavy (non-hydrogen) atoms. The van der Waals surface area contributed by atoms with E-state index in [-0.39, 0.29) is 12.1 Å². The maximum atomic E-state index is 13.4. The van der Waals surface area contributed by atoms with Crippen molar-refractivity contribution in [1.82, 2.24) is 14.9 Å². The number of carbonyl (C=O) groups excluding carboxylic acids is 1. The highest BCUT2D eigenvalue weighted by Crippen LogP contribution is 2.35. The third kappa shape index (κ3) is 4.18. The van der Waals surface area contributed by atoms with E-state index >= 15 is 0 Å². The number of pyridine rings is 2. The first-order valence-corrected chi connectivity index (χ1v) is 9.28. The van der Waals surface area contributed by atoms with Crippen LogP contribution in [0.2, 0.25) is 5.02 Å². The second-order valence-corrected chi connectivity index (χ2v) is 7.20. The van der Waals surface area contributed by atoms with E-state index in [1.165, 1.54) is 11.0 Å². The van der Waals surface area contributed by atoms with Gasteiger partial charge in [0.1, 0.15) is 11.6 Å². The summed E-state index contributed by atoms with van der Waals surface area (Å²) < 4.78 is 52.5. The normalized spacial score (nSPS) is 17.3. The molecule has 0 aromatic carbocycles. The topological polar surface area (TPSA) is 84.1 Å². The fourth-order valence-electron chi connectivity index (χ4n) is 3.13. The molecule has 3 N–H and O–H groups in total. The van der Waals surface area contributed by atoms with Crippen LogP contribution in [-0.4, -0.2) is 33.4 Å². The molecule has 0 saturated carbocycles. The highest BCUT2D eigenvalue weighted by atomic mass is 35.5. The lowest BCUT2D eigenvalue weighted by Gasteiger charge is -2.36. The molecule has 1 aliphatic rings. The van der Waals surface area contributed by atoms with Crippen LogP contribution in [0.4, 0.5) is 23.4 Å². The van der Waals surface area contributed by atoms with E-state index in [2.05, 4.69) is 15.3 Å². The van der Waals surface area contributed by atoms with Gasteiger partial charge in [0.2, 0.25) is 0 Å².